The van der Waals surface area contributed by atoms with Crippen molar-refractivity contribution in [1.82, 2.24) is 0 Å². The Morgan fingerprint density at radius 3 is 2.94 bits per heavy atom. The van der Waals surface area contributed by atoms with Crippen LogP contribution in [0.4, 0.5) is 0 Å². The molecule has 1 fully saturated rings. The van der Waals surface area contributed by atoms with E-state index < -0.39 is 6.10 Å². The maximum Gasteiger partial charge on any atom is 0.347 e. The standard InChI is InChI=1S/C12H14BrNO3/c1-7(14)9-6-8(13)2-3-10(9)17-11-4-5-16-12(11)15/h2-3,6-7,11H,4-5,14H2,1H3/t7-,11?/m0/s1. The molecule has 17 heavy (non-hydrogen) atoms. The van der Waals surface area contributed by atoms with E-state index in [2.05, 4.69) is 15.9 Å². The van der Waals surface area contributed by atoms with E-state index in [9.17, 15) is 4.79 Å². The van der Waals surface area contributed by atoms with E-state index in [4.69, 9.17) is 15.2 Å². The summed E-state index contributed by atoms with van der Waals surface area (Å²) in [6.45, 7) is 2.30. The number of halogens is 1. The van der Waals surface area contributed by atoms with Gasteiger partial charge in [-0.3, -0.25) is 0 Å². The van der Waals surface area contributed by atoms with Crippen LogP contribution in [0.1, 0.15) is 24.9 Å². The average molecular weight is 300 g/mol. The number of hydrogen-bond acceptors (Lipinski definition) is 4. The third-order valence-corrected chi connectivity index (χ3v) is 3.11. The van der Waals surface area contributed by atoms with Gasteiger partial charge in [0.1, 0.15) is 5.75 Å². The van der Waals surface area contributed by atoms with E-state index in [-0.39, 0.29) is 12.0 Å². The molecule has 1 aromatic carbocycles. The van der Waals surface area contributed by atoms with Crippen molar-refractivity contribution in [2.75, 3.05) is 6.61 Å². The van der Waals surface area contributed by atoms with Crippen molar-refractivity contribution in [3.05, 3.63) is 28.2 Å². The third-order valence-electron chi connectivity index (χ3n) is 2.62. The average Bonchev–Trinajstić information content (AvgIpc) is 2.67. The summed E-state index contributed by atoms with van der Waals surface area (Å²) in [6.07, 6.45) is 0.0847. The fourth-order valence-electron chi connectivity index (χ4n) is 1.72. The van der Waals surface area contributed by atoms with Crippen LogP contribution in [-0.2, 0) is 9.53 Å². The zero-order chi connectivity index (χ0) is 12.4. The first-order valence-corrected chi connectivity index (χ1v) is 6.25. The molecule has 92 valence electrons. The highest BCUT2D eigenvalue weighted by Crippen LogP contribution is 2.29. The quantitative estimate of drug-likeness (QED) is 0.869. The van der Waals surface area contributed by atoms with Crippen LogP contribution in [0, 0.1) is 0 Å². The lowest BCUT2D eigenvalue weighted by molar-refractivity contribution is -0.143. The second-order valence-electron chi connectivity index (χ2n) is 4.03. The lowest BCUT2D eigenvalue weighted by Crippen LogP contribution is -2.23. The van der Waals surface area contributed by atoms with Crippen molar-refractivity contribution < 1.29 is 14.3 Å². The summed E-state index contributed by atoms with van der Waals surface area (Å²) in [5.74, 6) is 0.343. The smallest absolute Gasteiger partial charge is 0.347 e. The van der Waals surface area contributed by atoms with Crippen molar-refractivity contribution in [3.63, 3.8) is 0 Å². The molecule has 2 atom stereocenters. The molecular weight excluding hydrogens is 286 g/mol. The van der Waals surface area contributed by atoms with E-state index >= 15 is 0 Å². The van der Waals surface area contributed by atoms with Crippen molar-refractivity contribution in [1.29, 1.82) is 0 Å². The van der Waals surface area contributed by atoms with E-state index in [0.717, 1.165) is 10.0 Å². The van der Waals surface area contributed by atoms with Gasteiger partial charge in [0.05, 0.1) is 6.61 Å². The normalized spacial score (nSPS) is 21.1. The Kier molecular flexibility index (Phi) is 3.69. The highest BCUT2D eigenvalue weighted by Gasteiger charge is 2.29. The Bertz CT molecular complexity index is 434. The van der Waals surface area contributed by atoms with Gasteiger partial charge in [0.15, 0.2) is 6.10 Å². The van der Waals surface area contributed by atoms with Crippen LogP contribution in [0.25, 0.3) is 0 Å². The number of ether oxygens (including phenoxy) is 2. The molecule has 5 heteroatoms. The molecule has 0 aliphatic carbocycles. The van der Waals surface area contributed by atoms with Crippen LogP contribution in [0.15, 0.2) is 22.7 Å². The molecule has 1 unspecified atom stereocenters. The minimum absolute atomic E-state index is 0.153. The molecule has 1 aliphatic heterocycles. The molecule has 1 saturated heterocycles. The van der Waals surface area contributed by atoms with Gasteiger partial charge in [0.25, 0.3) is 0 Å². The summed E-state index contributed by atoms with van der Waals surface area (Å²) in [4.78, 5) is 11.3. The Labute approximate surface area is 108 Å². The summed E-state index contributed by atoms with van der Waals surface area (Å²) >= 11 is 3.39. The third kappa shape index (κ3) is 2.79. The van der Waals surface area contributed by atoms with Crippen LogP contribution in [0.3, 0.4) is 0 Å². The molecule has 0 amide bonds. The van der Waals surface area contributed by atoms with Gasteiger partial charge in [-0.1, -0.05) is 15.9 Å². The first kappa shape index (κ1) is 12.4. The van der Waals surface area contributed by atoms with Gasteiger partial charge in [-0.15, -0.1) is 0 Å². The molecule has 0 bridgehead atoms. The number of benzene rings is 1. The fraction of sp³-hybridized carbons (Fsp3) is 0.417. The van der Waals surface area contributed by atoms with Crippen LogP contribution in [0.2, 0.25) is 0 Å². The van der Waals surface area contributed by atoms with Gasteiger partial charge >= 0.3 is 5.97 Å². The first-order chi connectivity index (χ1) is 8.08. The predicted octanol–water partition coefficient (Wildman–Crippen LogP) is 2.16. The molecule has 0 spiro atoms. The largest absolute Gasteiger partial charge is 0.478 e. The van der Waals surface area contributed by atoms with Gasteiger partial charge < -0.3 is 15.2 Å². The summed E-state index contributed by atoms with van der Waals surface area (Å²) in [6, 6.07) is 5.43. The van der Waals surface area contributed by atoms with Crippen molar-refractivity contribution >= 4 is 21.9 Å². The van der Waals surface area contributed by atoms with Gasteiger partial charge in [0.2, 0.25) is 0 Å². The maximum absolute atomic E-state index is 11.3. The molecule has 1 aliphatic rings. The number of carbonyl (C=O) groups excluding carboxylic acids is 1. The molecule has 2 rings (SSSR count). The zero-order valence-electron chi connectivity index (χ0n) is 9.48. The highest BCUT2D eigenvalue weighted by atomic mass is 79.9. The molecule has 1 aromatic rings. The van der Waals surface area contributed by atoms with Crippen LogP contribution < -0.4 is 10.5 Å². The van der Waals surface area contributed by atoms with E-state index in [1.165, 1.54) is 0 Å². The molecule has 1 heterocycles. The Morgan fingerprint density at radius 1 is 1.59 bits per heavy atom. The molecular formula is C12H14BrNO3. The number of carbonyl (C=O) groups is 1. The minimum atomic E-state index is -0.506. The minimum Gasteiger partial charge on any atom is -0.478 e. The van der Waals surface area contributed by atoms with Gasteiger partial charge in [-0.25, -0.2) is 4.79 Å². The number of hydrogen-bond donors (Lipinski definition) is 1. The fourth-order valence-corrected chi connectivity index (χ4v) is 2.10. The molecule has 0 radical (unpaired) electrons. The van der Waals surface area contributed by atoms with Gasteiger partial charge in [-0.2, -0.15) is 0 Å². The van der Waals surface area contributed by atoms with Crippen LogP contribution in [0.5, 0.6) is 5.75 Å². The Hall–Kier alpha value is -1.07. The second kappa shape index (κ2) is 5.06. The highest BCUT2D eigenvalue weighted by molar-refractivity contribution is 9.10. The first-order valence-electron chi connectivity index (χ1n) is 5.46. The van der Waals surface area contributed by atoms with E-state index in [0.29, 0.717) is 18.8 Å². The topological polar surface area (TPSA) is 61.6 Å². The van der Waals surface area contributed by atoms with E-state index in [1.807, 2.05) is 25.1 Å². The molecule has 2 N–H and O–H groups in total. The van der Waals surface area contributed by atoms with Crippen molar-refractivity contribution in [3.8, 4) is 5.75 Å². The summed E-state index contributed by atoms with van der Waals surface area (Å²) in [5.41, 5.74) is 6.75. The lowest BCUT2D eigenvalue weighted by Gasteiger charge is -2.16. The van der Waals surface area contributed by atoms with Crippen molar-refractivity contribution in [2.45, 2.75) is 25.5 Å². The summed E-state index contributed by atoms with van der Waals surface area (Å²) in [7, 11) is 0. The predicted molar refractivity (Wildman–Crippen MR) is 66.7 cm³/mol. The van der Waals surface area contributed by atoms with Gasteiger partial charge in [0, 0.05) is 22.5 Å². The number of rotatable bonds is 3. The Morgan fingerprint density at radius 2 is 2.35 bits per heavy atom. The SMILES string of the molecule is C[C@H](N)c1cc(Br)ccc1OC1CCOC1=O. The molecule has 0 saturated carbocycles. The van der Waals surface area contributed by atoms with E-state index in [1.54, 1.807) is 0 Å². The summed E-state index contributed by atoms with van der Waals surface area (Å²) in [5, 5.41) is 0. The Balaban J connectivity index is 2.22. The number of nitrogens with two attached hydrogens (primary N) is 1. The second-order valence-corrected chi connectivity index (χ2v) is 4.95. The number of cyclic esters (lactones) is 1. The molecule has 0 aromatic heterocycles. The van der Waals surface area contributed by atoms with Crippen LogP contribution >= 0.6 is 15.9 Å². The van der Waals surface area contributed by atoms with Crippen LogP contribution in [-0.4, -0.2) is 18.7 Å². The number of esters is 1. The molecule has 4 nitrogen and oxygen atoms in total. The van der Waals surface area contributed by atoms with Gasteiger partial charge in [-0.05, 0) is 25.1 Å². The summed E-state index contributed by atoms with van der Waals surface area (Å²) < 4.78 is 11.5. The zero-order valence-corrected chi connectivity index (χ0v) is 11.1. The van der Waals surface area contributed by atoms with Crippen molar-refractivity contribution in [2.24, 2.45) is 5.73 Å². The monoisotopic (exact) mass is 299 g/mol. The lowest BCUT2D eigenvalue weighted by atomic mass is 10.1. The maximum atomic E-state index is 11.3.